The number of nitrogens with one attached hydrogen (secondary N) is 1. The van der Waals surface area contributed by atoms with E-state index in [1.54, 1.807) is 0 Å². The van der Waals surface area contributed by atoms with Crippen molar-refractivity contribution in [1.29, 1.82) is 0 Å². The van der Waals surface area contributed by atoms with Gasteiger partial charge >= 0.3 is 0 Å². The summed E-state index contributed by atoms with van der Waals surface area (Å²) in [5.74, 6) is 1.81. The summed E-state index contributed by atoms with van der Waals surface area (Å²) >= 11 is 0. The molecule has 0 aliphatic carbocycles. The Morgan fingerprint density at radius 1 is 1.04 bits per heavy atom. The number of nitrogens with zero attached hydrogens (tertiary/aromatic N) is 4. The van der Waals surface area contributed by atoms with Crippen LogP contribution in [-0.4, -0.2) is 52.8 Å². The summed E-state index contributed by atoms with van der Waals surface area (Å²) in [5.41, 5.74) is 3.19. The second kappa shape index (κ2) is 4.80. The van der Waals surface area contributed by atoms with E-state index in [0.29, 0.717) is 6.04 Å². The minimum Gasteiger partial charge on any atom is -0.361 e. The minimum absolute atomic E-state index is 0.619. The van der Waals surface area contributed by atoms with Crippen LogP contribution in [0, 0.1) is 5.92 Å². The van der Waals surface area contributed by atoms with E-state index < -0.39 is 0 Å². The number of likely N-dealkylation sites (N-methyl/N-ethyl adjacent to an activating group) is 1. The molecular formula is C18H19N5. The molecule has 3 aromatic rings. The van der Waals surface area contributed by atoms with Gasteiger partial charge in [0.05, 0.1) is 5.69 Å². The molecule has 0 amide bonds. The summed E-state index contributed by atoms with van der Waals surface area (Å²) in [6.07, 6.45) is 1.97. The molecule has 0 saturated carbocycles. The average Bonchev–Trinajstić information content (AvgIpc) is 3.15. The number of hydrogen-bond donors (Lipinski definition) is 1. The Bertz CT molecular complexity index is 853. The highest BCUT2D eigenvalue weighted by Gasteiger charge is 2.45. The number of aromatic nitrogens is 3. The van der Waals surface area contributed by atoms with Crippen molar-refractivity contribution < 1.29 is 0 Å². The van der Waals surface area contributed by atoms with Gasteiger partial charge in [-0.2, -0.15) is 0 Å². The Morgan fingerprint density at radius 2 is 2.00 bits per heavy atom. The number of aromatic amines is 1. The lowest BCUT2D eigenvalue weighted by atomic mass is 9.92. The Balaban J connectivity index is 1.45. The molecule has 5 nitrogen and oxygen atoms in total. The molecule has 0 spiro atoms. The van der Waals surface area contributed by atoms with Crippen molar-refractivity contribution in [3.05, 3.63) is 42.6 Å². The van der Waals surface area contributed by atoms with Gasteiger partial charge in [-0.1, -0.05) is 12.1 Å². The molecule has 0 radical (unpaired) electrons. The highest BCUT2D eigenvalue weighted by Crippen LogP contribution is 2.35. The van der Waals surface area contributed by atoms with E-state index in [2.05, 4.69) is 68.4 Å². The lowest BCUT2D eigenvalue weighted by molar-refractivity contribution is 0.357. The molecule has 1 aromatic carbocycles. The molecule has 116 valence electrons. The van der Waals surface area contributed by atoms with Crippen LogP contribution in [0.5, 0.6) is 0 Å². The normalized spacial score (nSPS) is 24.0. The molecule has 2 unspecified atom stereocenters. The van der Waals surface area contributed by atoms with Gasteiger partial charge in [-0.25, -0.2) is 0 Å². The molecule has 2 aromatic heterocycles. The van der Waals surface area contributed by atoms with Gasteiger partial charge in [0.25, 0.3) is 0 Å². The van der Waals surface area contributed by atoms with Crippen molar-refractivity contribution in [3.8, 4) is 11.3 Å². The summed E-state index contributed by atoms with van der Waals surface area (Å²) in [6.45, 7) is 3.45. The molecule has 4 heterocycles. The van der Waals surface area contributed by atoms with Crippen molar-refractivity contribution >= 4 is 16.7 Å². The number of rotatable bonds is 2. The first-order chi connectivity index (χ1) is 11.3. The average molecular weight is 305 g/mol. The lowest BCUT2D eigenvalue weighted by Gasteiger charge is -2.44. The van der Waals surface area contributed by atoms with E-state index >= 15 is 0 Å². The fourth-order valence-corrected chi connectivity index (χ4v) is 4.04. The Hall–Kier alpha value is -2.40. The maximum Gasteiger partial charge on any atom is 0.151 e. The molecule has 2 atom stereocenters. The zero-order valence-corrected chi connectivity index (χ0v) is 13.1. The molecule has 5 rings (SSSR count). The maximum atomic E-state index is 4.50. The highest BCUT2D eigenvalue weighted by molar-refractivity contribution is 5.94. The van der Waals surface area contributed by atoms with E-state index in [-0.39, 0.29) is 0 Å². The summed E-state index contributed by atoms with van der Waals surface area (Å²) < 4.78 is 0. The molecule has 5 heteroatoms. The number of benzene rings is 1. The van der Waals surface area contributed by atoms with Crippen molar-refractivity contribution in [3.63, 3.8) is 0 Å². The zero-order valence-electron chi connectivity index (χ0n) is 13.1. The second-order valence-electron chi connectivity index (χ2n) is 6.72. The van der Waals surface area contributed by atoms with E-state index in [1.165, 1.54) is 11.9 Å². The van der Waals surface area contributed by atoms with Crippen LogP contribution in [0.15, 0.2) is 42.6 Å². The zero-order chi connectivity index (χ0) is 15.4. The van der Waals surface area contributed by atoms with Crippen LogP contribution in [-0.2, 0) is 0 Å². The van der Waals surface area contributed by atoms with Gasteiger partial charge < -0.3 is 14.8 Å². The van der Waals surface area contributed by atoms with E-state index in [1.807, 2.05) is 6.20 Å². The van der Waals surface area contributed by atoms with E-state index in [0.717, 1.165) is 41.6 Å². The van der Waals surface area contributed by atoms with Gasteiger partial charge in [0.2, 0.25) is 0 Å². The SMILES string of the molecule is CN1CC2CN(c3ccc(-c4cccc5[nH]ccc45)nn3)C2C1. The fourth-order valence-electron chi connectivity index (χ4n) is 4.04. The lowest BCUT2D eigenvalue weighted by Crippen LogP contribution is -2.56. The largest absolute Gasteiger partial charge is 0.361 e. The van der Waals surface area contributed by atoms with Crippen LogP contribution in [0.4, 0.5) is 5.82 Å². The molecule has 2 fully saturated rings. The maximum absolute atomic E-state index is 4.50. The Morgan fingerprint density at radius 3 is 2.83 bits per heavy atom. The topological polar surface area (TPSA) is 48.0 Å². The van der Waals surface area contributed by atoms with E-state index in [9.17, 15) is 0 Å². The molecule has 0 bridgehead atoms. The molecule has 2 saturated heterocycles. The molecule has 2 aliphatic heterocycles. The molecule has 2 aliphatic rings. The predicted octanol–water partition coefficient (Wildman–Crippen LogP) is 2.38. The van der Waals surface area contributed by atoms with Gasteiger partial charge in [0, 0.05) is 54.3 Å². The standard InChI is InChI=1S/C18H19N5/c1-22-9-12-10-23(17(12)11-22)18-6-5-16(20-21-18)13-3-2-4-15-14(13)7-8-19-15/h2-8,12,17,19H,9-11H2,1H3. The van der Waals surface area contributed by atoms with Gasteiger partial charge in [-0.15, -0.1) is 10.2 Å². The minimum atomic E-state index is 0.619. The Kier molecular flexibility index (Phi) is 2.73. The molecule has 1 N–H and O–H groups in total. The van der Waals surface area contributed by atoms with E-state index in [4.69, 9.17) is 0 Å². The number of hydrogen-bond acceptors (Lipinski definition) is 4. The first-order valence-corrected chi connectivity index (χ1v) is 8.15. The fraction of sp³-hybridized carbons (Fsp3) is 0.333. The predicted molar refractivity (Wildman–Crippen MR) is 91.4 cm³/mol. The first-order valence-electron chi connectivity index (χ1n) is 8.15. The third-order valence-electron chi connectivity index (χ3n) is 5.24. The summed E-state index contributed by atoms with van der Waals surface area (Å²) in [6, 6.07) is 13.2. The van der Waals surface area contributed by atoms with Crippen LogP contribution < -0.4 is 4.90 Å². The summed E-state index contributed by atoms with van der Waals surface area (Å²) in [5, 5.41) is 10.2. The quantitative estimate of drug-likeness (QED) is 0.790. The van der Waals surface area contributed by atoms with Crippen molar-refractivity contribution in [2.45, 2.75) is 6.04 Å². The first kappa shape index (κ1) is 13.1. The Labute approximate surface area is 134 Å². The van der Waals surface area contributed by atoms with Gasteiger partial charge in [0.15, 0.2) is 5.82 Å². The highest BCUT2D eigenvalue weighted by atomic mass is 15.4. The number of anilines is 1. The summed E-state index contributed by atoms with van der Waals surface area (Å²) in [4.78, 5) is 8.04. The van der Waals surface area contributed by atoms with Crippen molar-refractivity contribution in [2.75, 3.05) is 31.6 Å². The molecule has 23 heavy (non-hydrogen) atoms. The smallest absolute Gasteiger partial charge is 0.151 e. The van der Waals surface area contributed by atoms with Gasteiger partial charge in [-0.3, -0.25) is 0 Å². The van der Waals surface area contributed by atoms with Crippen LogP contribution >= 0.6 is 0 Å². The third-order valence-corrected chi connectivity index (χ3v) is 5.24. The summed E-state index contributed by atoms with van der Waals surface area (Å²) in [7, 11) is 2.20. The second-order valence-corrected chi connectivity index (χ2v) is 6.72. The van der Waals surface area contributed by atoms with Crippen molar-refractivity contribution in [2.24, 2.45) is 5.92 Å². The molecular weight excluding hydrogens is 286 g/mol. The van der Waals surface area contributed by atoms with Crippen LogP contribution in [0.3, 0.4) is 0 Å². The number of likely N-dealkylation sites (tertiary alicyclic amines) is 1. The monoisotopic (exact) mass is 305 g/mol. The van der Waals surface area contributed by atoms with Crippen molar-refractivity contribution in [1.82, 2.24) is 20.1 Å². The van der Waals surface area contributed by atoms with Crippen LogP contribution in [0.25, 0.3) is 22.2 Å². The van der Waals surface area contributed by atoms with Crippen LogP contribution in [0.2, 0.25) is 0 Å². The van der Waals surface area contributed by atoms with Gasteiger partial charge in [0.1, 0.15) is 0 Å². The number of H-pyrrole nitrogens is 1. The van der Waals surface area contributed by atoms with Gasteiger partial charge in [-0.05, 0) is 31.3 Å². The van der Waals surface area contributed by atoms with Crippen LogP contribution in [0.1, 0.15) is 0 Å². The number of fused-ring (bicyclic) bond motifs is 2. The third kappa shape index (κ3) is 1.96.